The molecule has 0 bridgehead atoms. The number of carbonyl (C=O) groups excluding carboxylic acids is 2. The van der Waals surface area contributed by atoms with Crippen molar-refractivity contribution in [2.45, 2.75) is 13.3 Å². The molecule has 4 nitrogen and oxygen atoms in total. The van der Waals surface area contributed by atoms with Crippen LogP contribution >= 0.6 is 0 Å². The Morgan fingerprint density at radius 2 is 1.81 bits per heavy atom. The quantitative estimate of drug-likeness (QED) is 0.760. The minimum absolute atomic E-state index is 0.387. The number of rotatable bonds is 3. The molecule has 0 aliphatic carbocycles. The van der Waals surface area contributed by atoms with Crippen molar-refractivity contribution >= 4 is 17.5 Å². The molecule has 1 rings (SSSR count). The zero-order valence-corrected chi connectivity index (χ0v) is 8.92. The Labute approximate surface area is 92.8 Å². The number of hydrogen-bond acceptors (Lipinski definition) is 2. The van der Waals surface area contributed by atoms with Crippen LogP contribution in [0, 0.1) is 5.82 Å². The summed E-state index contributed by atoms with van der Waals surface area (Å²) in [5.41, 5.74) is 0.387. The van der Waals surface area contributed by atoms with E-state index in [2.05, 4.69) is 10.6 Å². The van der Waals surface area contributed by atoms with Crippen molar-refractivity contribution in [2.24, 2.45) is 0 Å². The van der Waals surface area contributed by atoms with E-state index in [0.717, 1.165) is 6.42 Å². The number of amides is 2. The average Bonchev–Trinajstić information content (AvgIpc) is 2.29. The molecule has 2 N–H and O–H groups in total. The van der Waals surface area contributed by atoms with Crippen molar-refractivity contribution in [3.05, 3.63) is 30.1 Å². The lowest BCUT2D eigenvalue weighted by atomic mass is 10.3. The lowest BCUT2D eigenvalue weighted by Crippen LogP contribution is -2.35. The van der Waals surface area contributed by atoms with E-state index < -0.39 is 17.6 Å². The van der Waals surface area contributed by atoms with E-state index in [1.165, 1.54) is 24.3 Å². The Kier molecular flexibility index (Phi) is 4.44. The summed E-state index contributed by atoms with van der Waals surface area (Å²) in [7, 11) is 0. The maximum absolute atomic E-state index is 12.6. The van der Waals surface area contributed by atoms with Crippen LogP contribution in [0.15, 0.2) is 24.3 Å². The highest BCUT2D eigenvalue weighted by Gasteiger charge is 2.12. The Bertz CT molecular complexity index is 376. The van der Waals surface area contributed by atoms with Crippen LogP contribution in [0.5, 0.6) is 0 Å². The van der Waals surface area contributed by atoms with Gasteiger partial charge < -0.3 is 10.6 Å². The van der Waals surface area contributed by atoms with Gasteiger partial charge in [-0.15, -0.1) is 0 Å². The summed E-state index contributed by atoms with van der Waals surface area (Å²) in [6, 6.07) is 5.19. The first-order chi connectivity index (χ1) is 7.63. The van der Waals surface area contributed by atoms with Gasteiger partial charge in [0, 0.05) is 12.2 Å². The predicted molar refractivity (Wildman–Crippen MR) is 58.3 cm³/mol. The molecule has 0 radical (unpaired) electrons. The lowest BCUT2D eigenvalue weighted by Gasteiger charge is -2.05. The van der Waals surface area contributed by atoms with Crippen molar-refractivity contribution in [3.8, 4) is 0 Å². The summed E-state index contributed by atoms with van der Waals surface area (Å²) in [5.74, 6) is -1.83. The zero-order valence-electron chi connectivity index (χ0n) is 8.92. The molecule has 0 aliphatic rings. The summed E-state index contributed by atoms with van der Waals surface area (Å²) in [4.78, 5) is 22.5. The largest absolute Gasteiger partial charge is 0.348 e. The van der Waals surface area contributed by atoms with Crippen LogP contribution in [0.4, 0.5) is 10.1 Å². The molecule has 1 aromatic carbocycles. The third-order valence-corrected chi connectivity index (χ3v) is 1.84. The molecule has 0 aromatic heterocycles. The number of hydrogen-bond donors (Lipinski definition) is 2. The Balaban J connectivity index is 2.51. The second-order valence-electron chi connectivity index (χ2n) is 3.22. The Morgan fingerprint density at radius 1 is 1.19 bits per heavy atom. The monoisotopic (exact) mass is 224 g/mol. The fraction of sp³-hybridized carbons (Fsp3) is 0.273. The van der Waals surface area contributed by atoms with E-state index in [-0.39, 0.29) is 0 Å². The van der Waals surface area contributed by atoms with Gasteiger partial charge in [0.05, 0.1) is 0 Å². The van der Waals surface area contributed by atoms with Crippen LogP contribution < -0.4 is 10.6 Å². The van der Waals surface area contributed by atoms with Crippen LogP contribution in [-0.4, -0.2) is 18.4 Å². The van der Waals surface area contributed by atoms with Gasteiger partial charge >= 0.3 is 11.8 Å². The second kappa shape index (κ2) is 5.85. The van der Waals surface area contributed by atoms with Gasteiger partial charge in [-0.25, -0.2) is 4.39 Å². The average molecular weight is 224 g/mol. The normalized spacial score (nSPS) is 9.62. The molecule has 0 fully saturated rings. The summed E-state index contributed by atoms with van der Waals surface area (Å²) in [6.45, 7) is 2.34. The number of nitrogens with one attached hydrogen (secondary N) is 2. The molecule has 0 saturated heterocycles. The maximum atomic E-state index is 12.6. The van der Waals surface area contributed by atoms with E-state index in [1.54, 1.807) is 0 Å². The van der Waals surface area contributed by atoms with E-state index in [4.69, 9.17) is 0 Å². The van der Waals surface area contributed by atoms with Crippen molar-refractivity contribution in [2.75, 3.05) is 11.9 Å². The first kappa shape index (κ1) is 12.2. The third-order valence-electron chi connectivity index (χ3n) is 1.84. The highest BCUT2D eigenvalue weighted by Crippen LogP contribution is 2.07. The van der Waals surface area contributed by atoms with E-state index in [9.17, 15) is 14.0 Å². The molecule has 0 aliphatic heterocycles. The molecule has 0 unspecified atom stereocenters. The van der Waals surface area contributed by atoms with Crippen LogP contribution in [0.25, 0.3) is 0 Å². The molecule has 0 spiro atoms. The second-order valence-corrected chi connectivity index (χ2v) is 3.22. The number of anilines is 1. The standard InChI is InChI=1S/C11H13FN2O2/c1-2-7-13-10(15)11(16)14-9-5-3-8(12)4-6-9/h3-6H,2,7H2,1H3,(H,13,15)(H,14,16). The molecule has 5 heteroatoms. The summed E-state index contributed by atoms with van der Waals surface area (Å²) >= 11 is 0. The molecule has 0 saturated carbocycles. The van der Waals surface area contributed by atoms with Crippen molar-refractivity contribution in [1.82, 2.24) is 5.32 Å². The van der Waals surface area contributed by atoms with Crippen LogP contribution in [0.3, 0.4) is 0 Å². The Morgan fingerprint density at radius 3 is 2.38 bits per heavy atom. The molecular weight excluding hydrogens is 211 g/mol. The van der Waals surface area contributed by atoms with E-state index >= 15 is 0 Å². The maximum Gasteiger partial charge on any atom is 0.313 e. The van der Waals surface area contributed by atoms with E-state index in [0.29, 0.717) is 12.2 Å². The van der Waals surface area contributed by atoms with Gasteiger partial charge in [0.25, 0.3) is 0 Å². The molecular formula is C11H13FN2O2. The minimum atomic E-state index is -0.750. The number of halogens is 1. The number of carbonyl (C=O) groups is 2. The minimum Gasteiger partial charge on any atom is -0.348 e. The van der Waals surface area contributed by atoms with Gasteiger partial charge in [0.2, 0.25) is 0 Å². The van der Waals surface area contributed by atoms with Gasteiger partial charge in [-0.1, -0.05) is 6.92 Å². The van der Waals surface area contributed by atoms with Crippen molar-refractivity contribution in [1.29, 1.82) is 0 Å². The summed E-state index contributed by atoms with van der Waals surface area (Å²) < 4.78 is 12.6. The van der Waals surface area contributed by atoms with Gasteiger partial charge in [-0.2, -0.15) is 0 Å². The first-order valence-corrected chi connectivity index (χ1v) is 4.98. The highest BCUT2D eigenvalue weighted by molar-refractivity contribution is 6.39. The molecule has 1 aromatic rings. The molecule has 86 valence electrons. The fourth-order valence-corrected chi connectivity index (χ4v) is 1.04. The number of benzene rings is 1. The van der Waals surface area contributed by atoms with Gasteiger partial charge in [0.15, 0.2) is 0 Å². The third kappa shape index (κ3) is 3.68. The topological polar surface area (TPSA) is 58.2 Å². The van der Waals surface area contributed by atoms with Crippen molar-refractivity contribution in [3.63, 3.8) is 0 Å². The predicted octanol–water partition coefficient (Wildman–Crippen LogP) is 1.29. The van der Waals surface area contributed by atoms with Crippen LogP contribution in [0.2, 0.25) is 0 Å². The molecule has 0 atom stereocenters. The lowest BCUT2D eigenvalue weighted by molar-refractivity contribution is -0.136. The Hall–Kier alpha value is -1.91. The fourth-order valence-electron chi connectivity index (χ4n) is 1.04. The SMILES string of the molecule is CCCNC(=O)C(=O)Nc1ccc(F)cc1. The summed E-state index contributed by atoms with van der Waals surface area (Å²) in [6.07, 6.45) is 0.759. The van der Waals surface area contributed by atoms with Gasteiger partial charge in [0.1, 0.15) is 5.82 Å². The highest BCUT2D eigenvalue weighted by atomic mass is 19.1. The van der Waals surface area contributed by atoms with Crippen LogP contribution in [0.1, 0.15) is 13.3 Å². The first-order valence-electron chi connectivity index (χ1n) is 4.98. The molecule has 16 heavy (non-hydrogen) atoms. The van der Waals surface area contributed by atoms with Crippen molar-refractivity contribution < 1.29 is 14.0 Å². The summed E-state index contributed by atoms with van der Waals surface area (Å²) in [5, 5.41) is 4.80. The molecule has 2 amide bonds. The van der Waals surface area contributed by atoms with Gasteiger partial charge in [-0.3, -0.25) is 9.59 Å². The smallest absolute Gasteiger partial charge is 0.313 e. The van der Waals surface area contributed by atoms with Gasteiger partial charge in [-0.05, 0) is 30.7 Å². The molecule has 0 heterocycles. The zero-order chi connectivity index (χ0) is 12.0. The van der Waals surface area contributed by atoms with Crippen LogP contribution in [-0.2, 0) is 9.59 Å². The van der Waals surface area contributed by atoms with E-state index in [1.807, 2.05) is 6.92 Å².